The van der Waals surface area contributed by atoms with Crippen LogP contribution in [0.5, 0.6) is 0 Å². The molecule has 17 heavy (non-hydrogen) atoms. The van der Waals surface area contributed by atoms with Gasteiger partial charge in [-0.3, -0.25) is 4.68 Å². The summed E-state index contributed by atoms with van der Waals surface area (Å²) >= 11 is 0. The lowest BCUT2D eigenvalue weighted by Gasteiger charge is -2.50. The molecule has 3 rings (SSSR count). The number of hydrogen-bond acceptors (Lipinski definition) is 2. The normalized spacial score (nSPS) is 22.8. The van der Waals surface area contributed by atoms with E-state index in [9.17, 15) is 0 Å². The number of hydrogen-bond donors (Lipinski definition) is 1. The molecule has 1 aromatic heterocycles. The fourth-order valence-corrected chi connectivity index (χ4v) is 3.13. The van der Waals surface area contributed by atoms with Crippen molar-refractivity contribution in [1.29, 1.82) is 0 Å². The van der Waals surface area contributed by atoms with Crippen molar-refractivity contribution in [3.05, 3.63) is 18.0 Å². The summed E-state index contributed by atoms with van der Waals surface area (Å²) in [7, 11) is 0. The topological polar surface area (TPSA) is 29.9 Å². The average molecular weight is 235 g/mol. The van der Waals surface area contributed by atoms with E-state index >= 15 is 0 Å². The second-order valence-corrected chi connectivity index (χ2v) is 5.31. The maximum atomic E-state index is 4.42. The molecule has 2 aliphatic rings. The number of aryl methyl sites for hydroxylation is 1. The van der Waals surface area contributed by atoms with Gasteiger partial charge in [0, 0.05) is 6.20 Å². The van der Waals surface area contributed by atoms with Crippen molar-refractivity contribution in [3.8, 4) is 0 Å². The van der Waals surface area contributed by atoms with Crippen LogP contribution in [0.1, 0.15) is 51.1 Å². The van der Waals surface area contributed by atoms with Gasteiger partial charge < -0.3 is 5.32 Å². The van der Waals surface area contributed by atoms with Crippen molar-refractivity contribution in [3.63, 3.8) is 0 Å². The highest BCUT2D eigenvalue weighted by atomic mass is 15.3. The number of piperidine rings is 1. The lowest BCUT2D eigenvalue weighted by molar-refractivity contribution is 0.0230. The van der Waals surface area contributed by atoms with Gasteiger partial charge in [-0.1, -0.05) is 13.8 Å². The summed E-state index contributed by atoms with van der Waals surface area (Å²) in [6.07, 6.45) is 9.56. The minimum Gasteiger partial charge on any atom is -0.317 e. The van der Waals surface area contributed by atoms with E-state index in [1.54, 1.807) is 0 Å². The molecule has 2 heterocycles. The molecule has 1 aliphatic carbocycles. The molecule has 1 saturated carbocycles. The Balaban J connectivity index is 0.000000514. The van der Waals surface area contributed by atoms with Crippen LogP contribution in [-0.2, 0) is 0 Å². The van der Waals surface area contributed by atoms with Gasteiger partial charge in [0.1, 0.15) is 0 Å². The van der Waals surface area contributed by atoms with Gasteiger partial charge in [-0.15, -0.1) is 0 Å². The molecule has 2 fully saturated rings. The molecular weight excluding hydrogens is 210 g/mol. The number of rotatable bonds is 1. The summed E-state index contributed by atoms with van der Waals surface area (Å²) < 4.78 is 2.17. The SMILES string of the molecule is CC.Cc1cnn(C2CC3(CCNCC3)C2)c1. The maximum Gasteiger partial charge on any atom is 0.0530 e. The van der Waals surface area contributed by atoms with E-state index in [0.29, 0.717) is 11.5 Å². The fraction of sp³-hybridized carbons (Fsp3) is 0.786. The lowest BCUT2D eigenvalue weighted by Crippen LogP contribution is -2.46. The van der Waals surface area contributed by atoms with E-state index in [1.165, 1.54) is 44.3 Å². The predicted octanol–water partition coefficient (Wildman–Crippen LogP) is 2.92. The third-order valence-corrected chi connectivity index (χ3v) is 4.11. The Kier molecular flexibility index (Phi) is 3.87. The molecular formula is C14H25N3. The first-order chi connectivity index (χ1) is 8.27. The first-order valence-electron chi connectivity index (χ1n) is 6.99. The molecule has 96 valence electrons. The van der Waals surface area contributed by atoms with Gasteiger partial charge in [-0.25, -0.2) is 0 Å². The zero-order chi connectivity index (χ0) is 12.3. The van der Waals surface area contributed by atoms with Crippen LogP contribution in [0.15, 0.2) is 12.4 Å². The minimum absolute atomic E-state index is 0.662. The van der Waals surface area contributed by atoms with E-state index in [4.69, 9.17) is 0 Å². The summed E-state index contributed by atoms with van der Waals surface area (Å²) in [5.41, 5.74) is 1.94. The average Bonchev–Trinajstić information content (AvgIpc) is 2.76. The summed E-state index contributed by atoms with van der Waals surface area (Å²) in [4.78, 5) is 0. The third-order valence-electron chi connectivity index (χ3n) is 4.11. The molecule has 3 heteroatoms. The summed E-state index contributed by atoms with van der Waals surface area (Å²) in [6, 6.07) is 0.678. The van der Waals surface area contributed by atoms with Gasteiger partial charge in [0.25, 0.3) is 0 Å². The van der Waals surface area contributed by atoms with Crippen LogP contribution in [0.2, 0.25) is 0 Å². The summed E-state index contributed by atoms with van der Waals surface area (Å²) in [5, 5.41) is 7.86. The molecule has 0 bridgehead atoms. The molecule has 0 radical (unpaired) electrons. The van der Waals surface area contributed by atoms with Crippen LogP contribution in [-0.4, -0.2) is 22.9 Å². The number of aromatic nitrogens is 2. The van der Waals surface area contributed by atoms with E-state index in [0.717, 1.165) is 0 Å². The second-order valence-electron chi connectivity index (χ2n) is 5.31. The Morgan fingerprint density at radius 1 is 1.29 bits per heavy atom. The largest absolute Gasteiger partial charge is 0.317 e. The molecule has 1 N–H and O–H groups in total. The van der Waals surface area contributed by atoms with Crippen LogP contribution < -0.4 is 5.32 Å². The second kappa shape index (κ2) is 5.21. The first kappa shape index (κ1) is 12.6. The van der Waals surface area contributed by atoms with Gasteiger partial charge in [-0.05, 0) is 56.7 Å². The smallest absolute Gasteiger partial charge is 0.0530 e. The summed E-state index contributed by atoms with van der Waals surface area (Å²) in [6.45, 7) is 8.54. The number of nitrogens with one attached hydrogen (secondary N) is 1. The Hall–Kier alpha value is -0.830. The molecule has 0 aromatic carbocycles. The number of nitrogens with zero attached hydrogens (tertiary/aromatic N) is 2. The Morgan fingerprint density at radius 3 is 2.47 bits per heavy atom. The van der Waals surface area contributed by atoms with Crippen LogP contribution in [0.25, 0.3) is 0 Å². The molecule has 1 aliphatic heterocycles. The van der Waals surface area contributed by atoms with Crippen LogP contribution in [0.4, 0.5) is 0 Å². The van der Waals surface area contributed by atoms with Crippen molar-refractivity contribution in [1.82, 2.24) is 15.1 Å². The van der Waals surface area contributed by atoms with Gasteiger partial charge in [0.15, 0.2) is 0 Å². The minimum atomic E-state index is 0.662. The van der Waals surface area contributed by atoms with Crippen molar-refractivity contribution in [2.45, 2.75) is 52.5 Å². The van der Waals surface area contributed by atoms with E-state index in [1.807, 2.05) is 20.0 Å². The molecule has 1 aromatic rings. The highest BCUT2D eigenvalue weighted by Crippen LogP contribution is 2.53. The summed E-state index contributed by atoms with van der Waals surface area (Å²) in [5.74, 6) is 0. The monoisotopic (exact) mass is 235 g/mol. The van der Waals surface area contributed by atoms with Crippen LogP contribution >= 0.6 is 0 Å². The van der Waals surface area contributed by atoms with E-state index in [-0.39, 0.29) is 0 Å². The molecule has 0 atom stereocenters. The first-order valence-corrected chi connectivity index (χ1v) is 6.99. The van der Waals surface area contributed by atoms with E-state index < -0.39 is 0 Å². The van der Waals surface area contributed by atoms with Crippen LogP contribution in [0, 0.1) is 12.3 Å². The maximum absolute atomic E-state index is 4.42. The van der Waals surface area contributed by atoms with Crippen molar-refractivity contribution < 1.29 is 0 Å². The zero-order valence-electron chi connectivity index (χ0n) is 11.4. The molecule has 0 unspecified atom stereocenters. The zero-order valence-corrected chi connectivity index (χ0v) is 11.4. The third kappa shape index (κ3) is 2.54. The van der Waals surface area contributed by atoms with Crippen LogP contribution in [0.3, 0.4) is 0 Å². The predicted molar refractivity (Wildman–Crippen MR) is 71.1 cm³/mol. The van der Waals surface area contributed by atoms with Gasteiger partial charge in [0.05, 0.1) is 12.2 Å². The standard InChI is InChI=1S/C12H19N3.C2H6/c1-10-8-14-15(9-10)11-6-12(7-11)2-4-13-5-3-12;1-2/h8-9,11,13H,2-7H2,1H3;1-2H3. The van der Waals surface area contributed by atoms with Crippen molar-refractivity contribution in [2.75, 3.05) is 13.1 Å². The Morgan fingerprint density at radius 2 is 1.94 bits per heavy atom. The van der Waals surface area contributed by atoms with Gasteiger partial charge in [-0.2, -0.15) is 5.10 Å². The quantitative estimate of drug-likeness (QED) is 0.811. The highest BCUT2D eigenvalue weighted by molar-refractivity contribution is 5.05. The van der Waals surface area contributed by atoms with Gasteiger partial charge in [0.2, 0.25) is 0 Å². The Bertz CT molecular complexity index is 342. The van der Waals surface area contributed by atoms with Crippen molar-refractivity contribution >= 4 is 0 Å². The molecule has 1 saturated heterocycles. The highest BCUT2D eigenvalue weighted by Gasteiger charge is 2.45. The fourth-order valence-electron chi connectivity index (χ4n) is 3.13. The van der Waals surface area contributed by atoms with E-state index in [2.05, 4.69) is 28.2 Å². The van der Waals surface area contributed by atoms with Crippen molar-refractivity contribution in [2.24, 2.45) is 5.41 Å². The molecule has 0 amide bonds. The van der Waals surface area contributed by atoms with Gasteiger partial charge >= 0.3 is 0 Å². The molecule has 3 nitrogen and oxygen atoms in total. The molecule has 1 spiro atoms. The lowest BCUT2D eigenvalue weighted by atomic mass is 9.60. The Labute approximate surface area is 105 Å².